The standard InChI is InChI=1S/C22H21ClF3N3O2/c1-11-27-9-13-15(28-11)5-4-6-16(13)29-19-12-7-8-14(23)18(30)17(12)20(2,3)10-21(19,31)22(24,25)26/h4-9,19,29-31H,10H2,1-3H3/t19-,21+/m0/s1. The third kappa shape index (κ3) is 3.38. The molecule has 5 nitrogen and oxygen atoms in total. The summed E-state index contributed by atoms with van der Waals surface area (Å²) in [6.45, 7) is 4.81. The number of fused-ring (bicyclic) bond motifs is 2. The van der Waals surface area contributed by atoms with Crippen LogP contribution >= 0.6 is 11.6 Å². The van der Waals surface area contributed by atoms with Crippen molar-refractivity contribution in [3.8, 4) is 5.75 Å². The first kappa shape index (κ1) is 21.6. The molecule has 1 aliphatic rings. The van der Waals surface area contributed by atoms with Gasteiger partial charge in [0, 0.05) is 22.8 Å². The molecule has 31 heavy (non-hydrogen) atoms. The molecular formula is C22H21ClF3N3O2. The van der Waals surface area contributed by atoms with Crippen LogP contribution in [-0.2, 0) is 5.41 Å². The summed E-state index contributed by atoms with van der Waals surface area (Å²) in [5, 5.41) is 25.1. The van der Waals surface area contributed by atoms with Crippen molar-refractivity contribution in [1.82, 2.24) is 9.97 Å². The molecule has 9 heteroatoms. The highest BCUT2D eigenvalue weighted by molar-refractivity contribution is 6.32. The number of phenolic OH excluding ortho intramolecular Hbond substituents is 1. The number of aryl methyl sites for hydroxylation is 1. The quantitative estimate of drug-likeness (QED) is 0.484. The molecule has 1 aliphatic carbocycles. The van der Waals surface area contributed by atoms with Crippen LogP contribution < -0.4 is 5.32 Å². The van der Waals surface area contributed by atoms with Gasteiger partial charge in [-0.05, 0) is 42.5 Å². The minimum atomic E-state index is -4.94. The van der Waals surface area contributed by atoms with E-state index in [1.807, 2.05) is 0 Å². The highest BCUT2D eigenvalue weighted by atomic mass is 35.5. The Kier molecular flexibility index (Phi) is 4.86. The summed E-state index contributed by atoms with van der Waals surface area (Å²) < 4.78 is 42.8. The maximum Gasteiger partial charge on any atom is 0.419 e. The highest BCUT2D eigenvalue weighted by Gasteiger charge is 2.64. The first-order chi connectivity index (χ1) is 14.3. The topological polar surface area (TPSA) is 78.3 Å². The number of benzene rings is 2. The second-order valence-corrected chi connectivity index (χ2v) is 8.98. The molecule has 3 aromatic rings. The van der Waals surface area contributed by atoms with Gasteiger partial charge in [-0.2, -0.15) is 13.2 Å². The molecule has 164 valence electrons. The molecule has 2 atom stereocenters. The van der Waals surface area contributed by atoms with Gasteiger partial charge in [0.15, 0.2) is 5.60 Å². The van der Waals surface area contributed by atoms with Crippen LogP contribution in [-0.4, -0.2) is 32.0 Å². The summed E-state index contributed by atoms with van der Waals surface area (Å²) in [6.07, 6.45) is -4.07. The monoisotopic (exact) mass is 451 g/mol. The average Bonchev–Trinajstić information content (AvgIpc) is 2.65. The van der Waals surface area contributed by atoms with Crippen LogP contribution in [0, 0.1) is 6.92 Å². The van der Waals surface area contributed by atoms with Crippen LogP contribution in [0.5, 0.6) is 5.75 Å². The molecule has 0 fully saturated rings. The molecule has 1 heterocycles. The maximum atomic E-state index is 14.3. The number of hydrogen-bond acceptors (Lipinski definition) is 5. The lowest BCUT2D eigenvalue weighted by atomic mass is 9.63. The first-order valence-corrected chi connectivity index (χ1v) is 10.0. The fourth-order valence-electron chi connectivity index (χ4n) is 4.54. The molecule has 0 spiro atoms. The second-order valence-electron chi connectivity index (χ2n) is 8.58. The fraction of sp³-hybridized carbons (Fsp3) is 0.364. The Bertz CT molecular complexity index is 1180. The number of nitrogens with zero attached hydrogens (tertiary/aromatic N) is 2. The predicted octanol–water partition coefficient (Wildman–Crippen LogP) is 5.43. The van der Waals surface area contributed by atoms with Crippen molar-refractivity contribution in [2.24, 2.45) is 0 Å². The molecule has 0 amide bonds. The Morgan fingerprint density at radius 2 is 1.90 bits per heavy atom. The van der Waals surface area contributed by atoms with E-state index in [4.69, 9.17) is 11.6 Å². The maximum absolute atomic E-state index is 14.3. The molecule has 0 radical (unpaired) electrons. The Balaban J connectivity index is 1.95. The number of halogens is 4. The van der Waals surface area contributed by atoms with Crippen molar-refractivity contribution in [2.75, 3.05) is 5.32 Å². The summed E-state index contributed by atoms with van der Waals surface area (Å²) in [7, 11) is 0. The van der Waals surface area contributed by atoms with Crippen LogP contribution in [0.2, 0.25) is 5.02 Å². The lowest BCUT2D eigenvalue weighted by Gasteiger charge is -2.49. The summed E-state index contributed by atoms with van der Waals surface area (Å²) >= 11 is 6.06. The van der Waals surface area contributed by atoms with Crippen molar-refractivity contribution >= 4 is 28.2 Å². The average molecular weight is 452 g/mol. The third-order valence-electron chi connectivity index (χ3n) is 5.87. The van der Waals surface area contributed by atoms with Crippen molar-refractivity contribution in [3.63, 3.8) is 0 Å². The first-order valence-electron chi connectivity index (χ1n) is 9.65. The van der Waals surface area contributed by atoms with E-state index < -0.39 is 29.7 Å². The Labute approximate surface area is 181 Å². The SMILES string of the molecule is Cc1ncc2c(N[C@H]3c4ccc(Cl)c(O)c4C(C)(C)C[C@]3(O)C(F)(F)F)cccc2n1. The van der Waals surface area contributed by atoms with Crippen LogP contribution in [0.3, 0.4) is 0 Å². The smallest absolute Gasteiger partial charge is 0.419 e. The number of aromatic nitrogens is 2. The van der Waals surface area contributed by atoms with Gasteiger partial charge in [-0.1, -0.05) is 37.6 Å². The van der Waals surface area contributed by atoms with Crippen LogP contribution in [0.25, 0.3) is 10.9 Å². The van der Waals surface area contributed by atoms with Gasteiger partial charge in [0.2, 0.25) is 0 Å². The number of nitrogens with one attached hydrogen (secondary N) is 1. The van der Waals surface area contributed by atoms with Crippen molar-refractivity contribution < 1.29 is 23.4 Å². The van der Waals surface area contributed by atoms with Crippen LogP contribution in [0.4, 0.5) is 18.9 Å². The van der Waals surface area contributed by atoms with Crippen molar-refractivity contribution in [3.05, 3.63) is 58.5 Å². The molecule has 0 unspecified atom stereocenters. The Hall–Kier alpha value is -2.58. The second kappa shape index (κ2) is 6.97. The highest BCUT2D eigenvalue weighted by Crippen LogP contribution is 2.57. The molecular weight excluding hydrogens is 431 g/mol. The number of alkyl halides is 3. The fourth-order valence-corrected chi connectivity index (χ4v) is 4.70. The third-order valence-corrected chi connectivity index (χ3v) is 6.18. The molecule has 0 aliphatic heterocycles. The lowest BCUT2D eigenvalue weighted by Crippen LogP contribution is -2.58. The van der Waals surface area contributed by atoms with Gasteiger partial charge in [0.1, 0.15) is 11.6 Å². The van der Waals surface area contributed by atoms with Gasteiger partial charge in [-0.15, -0.1) is 0 Å². The number of hydrogen-bond donors (Lipinski definition) is 3. The predicted molar refractivity (Wildman–Crippen MR) is 112 cm³/mol. The normalized spacial score (nSPS) is 22.9. The van der Waals surface area contributed by atoms with Crippen LogP contribution in [0.1, 0.15) is 43.3 Å². The number of aromatic hydroxyl groups is 1. The summed E-state index contributed by atoms with van der Waals surface area (Å²) in [5.74, 6) is 0.248. The van der Waals surface area contributed by atoms with E-state index >= 15 is 0 Å². The molecule has 4 rings (SSSR count). The minimum absolute atomic E-state index is 0.0389. The van der Waals surface area contributed by atoms with E-state index in [2.05, 4.69) is 15.3 Å². The molecule has 0 saturated heterocycles. The number of phenols is 1. The lowest BCUT2D eigenvalue weighted by molar-refractivity contribution is -0.275. The summed E-state index contributed by atoms with van der Waals surface area (Å²) in [5.41, 5.74) is -2.99. The van der Waals surface area contributed by atoms with E-state index in [-0.39, 0.29) is 21.9 Å². The van der Waals surface area contributed by atoms with E-state index in [1.165, 1.54) is 18.3 Å². The molecule has 2 aromatic carbocycles. The molecule has 1 aromatic heterocycles. The Morgan fingerprint density at radius 3 is 2.58 bits per heavy atom. The van der Waals surface area contributed by atoms with Gasteiger partial charge in [-0.25, -0.2) is 9.97 Å². The van der Waals surface area contributed by atoms with Gasteiger partial charge in [-0.3, -0.25) is 0 Å². The van der Waals surface area contributed by atoms with Gasteiger partial charge in [0.05, 0.1) is 16.6 Å². The van der Waals surface area contributed by atoms with E-state index in [9.17, 15) is 23.4 Å². The largest absolute Gasteiger partial charge is 0.506 e. The van der Waals surface area contributed by atoms with E-state index in [0.717, 1.165) is 0 Å². The minimum Gasteiger partial charge on any atom is -0.506 e. The Morgan fingerprint density at radius 1 is 1.19 bits per heavy atom. The molecule has 3 N–H and O–H groups in total. The van der Waals surface area contributed by atoms with Gasteiger partial charge >= 0.3 is 6.18 Å². The van der Waals surface area contributed by atoms with Gasteiger partial charge < -0.3 is 15.5 Å². The zero-order valence-electron chi connectivity index (χ0n) is 17.0. The summed E-state index contributed by atoms with van der Waals surface area (Å²) in [6, 6.07) is 6.15. The zero-order chi connectivity index (χ0) is 22.8. The van der Waals surface area contributed by atoms with Gasteiger partial charge in [0.25, 0.3) is 0 Å². The zero-order valence-corrected chi connectivity index (χ0v) is 17.8. The number of aliphatic hydroxyl groups is 1. The number of anilines is 1. The van der Waals surface area contributed by atoms with Crippen molar-refractivity contribution in [2.45, 2.75) is 50.4 Å². The molecule has 0 bridgehead atoms. The van der Waals surface area contributed by atoms with Crippen molar-refractivity contribution in [1.29, 1.82) is 0 Å². The van der Waals surface area contributed by atoms with Crippen LogP contribution in [0.15, 0.2) is 36.5 Å². The van der Waals surface area contributed by atoms with E-state index in [1.54, 1.807) is 39.0 Å². The molecule has 0 saturated carbocycles. The number of rotatable bonds is 2. The van der Waals surface area contributed by atoms with E-state index in [0.29, 0.717) is 22.4 Å². The summed E-state index contributed by atoms with van der Waals surface area (Å²) in [4.78, 5) is 8.46.